The highest BCUT2D eigenvalue weighted by Crippen LogP contribution is 2.35. The monoisotopic (exact) mass is 430 g/mol. The number of nitrogens with one attached hydrogen (secondary N) is 1. The first kappa shape index (κ1) is 22.0. The molecule has 3 aromatic rings. The first-order valence-electron chi connectivity index (χ1n) is 11.0. The molecule has 166 valence electrons. The lowest BCUT2D eigenvalue weighted by Crippen LogP contribution is -2.24. The van der Waals surface area contributed by atoms with Crippen molar-refractivity contribution in [3.05, 3.63) is 76.9 Å². The Kier molecular flexibility index (Phi) is 6.51. The smallest absolute Gasteiger partial charge is 0.269 e. The fourth-order valence-electron chi connectivity index (χ4n) is 4.41. The minimum Gasteiger partial charge on any atom is -0.496 e. The Hall–Kier alpha value is -3.25. The summed E-state index contributed by atoms with van der Waals surface area (Å²) in [4.78, 5) is 23.5. The summed E-state index contributed by atoms with van der Waals surface area (Å²) in [6.07, 6.45) is 3.98. The third-order valence-electron chi connectivity index (χ3n) is 6.05. The lowest BCUT2D eigenvalue weighted by molar-refractivity contribution is 0.0958. The molecule has 1 atom stereocenters. The van der Waals surface area contributed by atoms with Gasteiger partial charge >= 0.3 is 0 Å². The van der Waals surface area contributed by atoms with Crippen LogP contribution >= 0.6 is 0 Å². The Bertz CT molecular complexity index is 1110. The largest absolute Gasteiger partial charge is 0.496 e. The molecule has 1 saturated heterocycles. The number of hydrogen-bond donors (Lipinski definition) is 1. The number of likely N-dealkylation sites (tertiary alicyclic amines) is 1. The SMILES string of the molecule is CNC(=O)c1ccc(-c2cc(C)nc([C@H]3CCCN3Cc3ccc(C)cc3OC)c2)cn1. The quantitative estimate of drug-likeness (QED) is 0.625. The van der Waals surface area contributed by atoms with E-state index in [1.807, 2.05) is 13.0 Å². The number of carbonyl (C=O) groups is 1. The van der Waals surface area contributed by atoms with E-state index in [1.54, 1.807) is 26.4 Å². The first-order valence-corrected chi connectivity index (χ1v) is 11.0. The molecule has 1 fully saturated rings. The number of pyridine rings is 2. The van der Waals surface area contributed by atoms with Crippen LogP contribution < -0.4 is 10.1 Å². The normalized spacial score (nSPS) is 16.2. The van der Waals surface area contributed by atoms with Gasteiger partial charge in [0.15, 0.2) is 0 Å². The average molecular weight is 431 g/mol. The summed E-state index contributed by atoms with van der Waals surface area (Å²) in [6, 6.07) is 14.6. The molecule has 0 unspecified atom stereocenters. The summed E-state index contributed by atoms with van der Waals surface area (Å²) >= 11 is 0. The van der Waals surface area contributed by atoms with Crippen LogP contribution in [0.15, 0.2) is 48.7 Å². The van der Waals surface area contributed by atoms with Gasteiger partial charge in [-0.05, 0) is 68.6 Å². The molecule has 6 nitrogen and oxygen atoms in total. The van der Waals surface area contributed by atoms with E-state index in [4.69, 9.17) is 9.72 Å². The number of methoxy groups -OCH3 is 1. The van der Waals surface area contributed by atoms with Crippen molar-refractivity contribution in [2.45, 2.75) is 39.3 Å². The molecule has 1 aliphatic heterocycles. The van der Waals surface area contributed by atoms with E-state index in [0.29, 0.717) is 5.69 Å². The molecule has 0 bridgehead atoms. The minimum absolute atomic E-state index is 0.184. The van der Waals surface area contributed by atoms with E-state index in [0.717, 1.165) is 54.2 Å². The van der Waals surface area contributed by atoms with Gasteiger partial charge < -0.3 is 10.1 Å². The van der Waals surface area contributed by atoms with Gasteiger partial charge in [0.05, 0.1) is 18.8 Å². The summed E-state index contributed by atoms with van der Waals surface area (Å²) in [5, 5.41) is 2.61. The van der Waals surface area contributed by atoms with Crippen molar-refractivity contribution in [3.8, 4) is 16.9 Å². The topological polar surface area (TPSA) is 67.4 Å². The molecule has 1 aromatic carbocycles. The molecule has 1 amide bonds. The number of carbonyl (C=O) groups excluding carboxylic acids is 1. The third kappa shape index (κ3) is 4.65. The van der Waals surface area contributed by atoms with Crippen molar-refractivity contribution in [1.29, 1.82) is 0 Å². The van der Waals surface area contributed by atoms with Gasteiger partial charge in [-0.2, -0.15) is 0 Å². The maximum Gasteiger partial charge on any atom is 0.269 e. The zero-order valence-electron chi connectivity index (χ0n) is 19.2. The summed E-state index contributed by atoms with van der Waals surface area (Å²) in [5.41, 5.74) is 6.93. The molecule has 0 spiro atoms. The van der Waals surface area contributed by atoms with Gasteiger partial charge in [0, 0.05) is 36.6 Å². The van der Waals surface area contributed by atoms with Crippen molar-refractivity contribution in [1.82, 2.24) is 20.2 Å². The molecule has 2 aromatic heterocycles. The molecular weight excluding hydrogens is 400 g/mol. The molecule has 0 saturated carbocycles. The summed E-state index contributed by atoms with van der Waals surface area (Å²) < 4.78 is 5.63. The molecule has 32 heavy (non-hydrogen) atoms. The Morgan fingerprint density at radius 2 is 2.00 bits per heavy atom. The average Bonchev–Trinajstić information content (AvgIpc) is 3.27. The molecule has 4 rings (SSSR count). The molecular formula is C26H30N4O2. The number of aromatic nitrogens is 2. The second kappa shape index (κ2) is 9.49. The van der Waals surface area contributed by atoms with Crippen LogP contribution in [0, 0.1) is 13.8 Å². The number of benzene rings is 1. The van der Waals surface area contributed by atoms with Gasteiger partial charge in [-0.3, -0.25) is 19.7 Å². The Labute approximate surface area is 189 Å². The second-order valence-corrected chi connectivity index (χ2v) is 8.38. The van der Waals surface area contributed by atoms with Crippen molar-refractivity contribution in [3.63, 3.8) is 0 Å². The number of hydrogen-bond acceptors (Lipinski definition) is 5. The van der Waals surface area contributed by atoms with Gasteiger partial charge in [0.25, 0.3) is 5.91 Å². The van der Waals surface area contributed by atoms with E-state index in [1.165, 1.54) is 11.1 Å². The van der Waals surface area contributed by atoms with Gasteiger partial charge in [-0.15, -0.1) is 0 Å². The molecule has 0 aliphatic carbocycles. The van der Waals surface area contributed by atoms with Crippen molar-refractivity contribution >= 4 is 5.91 Å². The number of rotatable bonds is 6. The van der Waals surface area contributed by atoms with Gasteiger partial charge in [-0.1, -0.05) is 18.2 Å². The highest BCUT2D eigenvalue weighted by molar-refractivity contribution is 5.92. The predicted octanol–water partition coefficient (Wildman–Crippen LogP) is 4.47. The van der Waals surface area contributed by atoms with Crippen molar-refractivity contribution in [2.75, 3.05) is 20.7 Å². The van der Waals surface area contributed by atoms with Crippen LogP contribution in [0.2, 0.25) is 0 Å². The standard InChI is InChI=1S/C26H30N4O2/c1-17-7-8-20(25(12-17)32-4)16-30-11-5-6-24(30)23-14-21(13-18(2)29-23)19-9-10-22(28-15-19)26(31)27-3/h7-10,12-15,24H,5-6,11,16H2,1-4H3,(H,27,31)/t24-/m1/s1. The van der Waals surface area contributed by atoms with Crippen LogP contribution in [0.1, 0.15) is 51.9 Å². The number of nitrogens with zero attached hydrogens (tertiary/aromatic N) is 3. The Morgan fingerprint density at radius 3 is 2.72 bits per heavy atom. The maximum atomic E-state index is 11.8. The zero-order valence-corrected chi connectivity index (χ0v) is 19.2. The molecule has 1 aliphatic rings. The minimum atomic E-state index is -0.184. The third-order valence-corrected chi connectivity index (χ3v) is 6.05. The number of ether oxygens (including phenoxy) is 1. The molecule has 6 heteroatoms. The van der Waals surface area contributed by atoms with Gasteiger partial charge in [0.2, 0.25) is 0 Å². The fourth-order valence-corrected chi connectivity index (χ4v) is 4.41. The van der Waals surface area contributed by atoms with E-state index < -0.39 is 0 Å². The molecule has 0 radical (unpaired) electrons. The highest BCUT2D eigenvalue weighted by atomic mass is 16.5. The lowest BCUT2D eigenvalue weighted by Gasteiger charge is -2.25. The van der Waals surface area contributed by atoms with E-state index in [9.17, 15) is 4.79 Å². The summed E-state index contributed by atoms with van der Waals surface area (Å²) in [5.74, 6) is 0.757. The van der Waals surface area contributed by atoms with Crippen LogP contribution in [-0.2, 0) is 6.54 Å². The van der Waals surface area contributed by atoms with Gasteiger partial charge in [-0.25, -0.2) is 0 Å². The second-order valence-electron chi connectivity index (χ2n) is 8.38. The van der Waals surface area contributed by atoms with Crippen LogP contribution in [0.3, 0.4) is 0 Å². The number of amides is 1. The van der Waals surface area contributed by atoms with Crippen LogP contribution in [0.4, 0.5) is 0 Å². The summed E-state index contributed by atoms with van der Waals surface area (Å²) in [6.45, 7) is 5.98. The van der Waals surface area contributed by atoms with E-state index >= 15 is 0 Å². The van der Waals surface area contributed by atoms with E-state index in [-0.39, 0.29) is 11.9 Å². The number of aryl methyl sites for hydroxylation is 2. The van der Waals surface area contributed by atoms with Crippen LogP contribution in [0.5, 0.6) is 5.75 Å². The zero-order chi connectivity index (χ0) is 22.7. The first-order chi connectivity index (χ1) is 15.5. The van der Waals surface area contributed by atoms with Gasteiger partial charge in [0.1, 0.15) is 11.4 Å². The predicted molar refractivity (Wildman–Crippen MR) is 126 cm³/mol. The van der Waals surface area contributed by atoms with E-state index in [2.05, 4.69) is 52.5 Å². The highest BCUT2D eigenvalue weighted by Gasteiger charge is 2.28. The summed E-state index contributed by atoms with van der Waals surface area (Å²) in [7, 11) is 3.34. The molecule has 1 N–H and O–H groups in total. The fraction of sp³-hybridized carbons (Fsp3) is 0.346. The van der Waals surface area contributed by atoms with Crippen LogP contribution in [-0.4, -0.2) is 41.5 Å². The Balaban J connectivity index is 1.60. The van der Waals surface area contributed by atoms with Crippen molar-refractivity contribution in [2.24, 2.45) is 0 Å². The lowest BCUT2D eigenvalue weighted by atomic mass is 10.0. The maximum absolute atomic E-state index is 11.8. The van der Waals surface area contributed by atoms with Crippen molar-refractivity contribution < 1.29 is 9.53 Å². The Morgan fingerprint density at radius 1 is 1.16 bits per heavy atom. The van der Waals surface area contributed by atoms with Crippen LogP contribution in [0.25, 0.3) is 11.1 Å². The molecule has 3 heterocycles.